The maximum absolute atomic E-state index is 6.25. The van der Waals surface area contributed by atoms with Gasteiger partial charge in [0.25, 0.3) is 0 Å². The van der Waals surface area contributed by atoms with Crippen molar-refractivity contribution in [1.82, 2.24) is 5.32 Å². The van der Waals surface area contributed by atoms with Crippen molar-refractivity contribution in [3.63, 3.8) is 0 Å². The Morgan fingerprint density at radius 1 is 1.14 bits per heavy atom. The van der Waals surface area contributed by atoms with Gasteiger partial charge >= 0.3 is 0 Å². The minimum atomic E-state index is 0.369. The molecule has 0 spiro atoms. The highest BCUT2D eigenvalue weighted by Crippen LogP contribution is 2.25. The van der Waals surface area contributed by atoms with Crippen LogP contribution in [0.3, 0.4) is 0 Å². The van der Waals surface area contributed by atoms with Gasteiger partial charge in [-0.2, -0.15) is 0 Å². The number of rotatable bonds is 6. The van der Waals surface area contributed by atoms with Gasteiger partial charge in [0.15, 0.2) is 0 Å². The van der Waals surface area contributed by atoms with Crippen LogP contribution in [-0.2, 0) is 6.42 Å². The smallest absolute Gasteiger partial charge is 0.0453 e. The second-order valence-corrected chi connectivity index (χ2v) is 6.91. The first kappa shape index (κ1) is 16.7. The number of halogens is 2. The molecule has 21 heavy (non-hydrogen) atoms. The third kappa shape index (κ3) is 4.93. The Kier molecular flexibility index (Phi) is 6.43. The van der Waals surface area contributed by atoms with E-state index in [1.54, 1.807) is 6.07 Å². The number of nitrogens with one attached hydrogen (secondary N) is 1. The number of benzene rings is 2. The SMILES string of the molecule is CNC(CSc1ccccc1C)Cc1ccc(Cl)cc1Cl. The molecular formula is C17H19Cl2NS. The highest BCUT2D eigenvalue weighted by molar-refractivity contribution is 7.99. The van der Waals surface area contributed by atoms with Crippen molar-refractivity contribution in [2.24, 2.45) is 0 Å². The van der Waals surface area contributed by atoms with Crippen LogP contribution in [0.1, 0.15) is 11.1 Å². The van der Waals surface area contributed by atoms with Crippen LogP contribution in [0.4, 0.5) is 0 Å². The molecule has 112 valence electrons. The number of likely N-dealkylation sites (N-methyl/N-ethyl adjacent to an activating group) is 1. The zero-order chi connectivity index (χ0) is 15.2. The van der Waals surface area contributed by atoms with E-state index < -0.39 is 0 Å². The van der Waals surface area contributed by atoms with Crippen LogP contribution in [0.25, 0.3) is 0 Å². The van der Waals surface area contributed by atoms with Crippen LogP contribution in [0.15, 0.2) is 47.4 Å². The summed E-state index contributed by atoms with van der Waals surface area (Å²) in [5.74, 6) is 1.00. The molecule has 0 amide bonds. The predicted molar refractivity (Wildman–Crippen MR) is 94.9 cm³/mol. The second-order valence-electron chi connectivity index (χ2n) is 5.00. The molecule has 2 rings (SSSR count). The average molecular weight is 340 g/mol. The van der Waals surface area contributed by atoms with E-state index >= 15 is 0 Å². The summed E-state index contributed by atoms with van der Waals surface area (Å²) in [5.41, 5.74) is 2.45. The average Bonchev–Trinajstić information content (AvgIpc) is 2.47. The second kappa shape index (κ2) is 8.09. The lowest BCUT2D eigenvalue weighted by Crippen LogP contribution is -2.30. The molecule has 1 nitrogen and oxygen atoms in total. The van der Waals surface area contributed by atoms with Crippen molar-refractivity contribution >= 4 is 35.0 Å². The molecule has 1 atom stereocenters. The summed E-state index contributed by atoms with van der Waals surface area (Å²) in [4.78, 5) is 1.33. The zero-order valence-electron chi connectivity index (χ0n) is 12.2. The van der Waals surface area contributed by atoms with E-state index in [4.69, 9.17) is 23.2 Å². The molecule has 0 aromatic heterocycles. The van der Waals surface area contributed by atoms with Crippen LogP contribution in [-0.4, -0.2) is 18.8 Å². The molecule has 1 N–H and O–H groups in total. The van der Waals surface area contributed by atoms with Gasteiger partial charge in [-0.25, -0.2) is 0 Å². The fourth-order valence-electron chi connectivity index (χ4n) is 2.11. The van der Waals surface area contributed by atoms with Gasteiger partial charge in [0.2, 0.25) is 0 Å². The third-order valence-electron chi connectivity index (χ3n) is 3.42. The first-order chi connectivity index (χ1) is 10.1. The molecule has 0 aliphatic heterocycles. The molecule has 0 fully saturated rings. The molecule has 0 radical (unpaired) electrons. The van der Waals surface area contributed by atoms with Crippen LogP contribution in [0.2, 0.25) is 10.0 Å². The molecule has 2 aromatic rings. The summed E-state index contributed by atoms with van der Waals surface area (Å²) in [6.45, 7) is 2.15. The van der Waals surface area contributed by atoms with Gasteiger partial charge in [0, 0.05) is 26.7 Å². The van der Waals surface area contributed by atoms with Crippen molar-refractivity contribution in [2.75, 3.05) is 12.8 Å². The highest BCUT2D eigenvalue weighted by Gasteiger charge is 2.11. The van der Waals surface area contributed by atoms with Crippen LogP contribution in [0, 0.1) is 6.92 Å². The minimum Gasteiger partial charge on any atom is -0.316 e. The van der Waals surface area contributed by atoms with Gasteiger partial charge in [-0.05, 0) is 49.7 Å². The molecule has 0 heterocycles. The molecule has 2 aromatic carbocycles. The normalized spacial score (nSPS) is 12.4. The van der Waals surface area contributed by atoms with E-state index in [-0.39, 0.29) is 0 Å². The molecule has 0 bridgehead atoms. The number of aryl methyl sites for hydroxylation is 1. The Morgan fingerprint density at radius 3 is 2.57 bits per heavy atom. The maximum atomic E-state index is 6.25. The zero-order valence-corrected chi connectivity index (χ0v) is 14.5. The molecule has 0 aliphatic carbocycles. The van der Waals surface area contributed by atoms with E-state index in [0.717, 1.165) is 22.8 Å². The maximum Gasteiger partial charge on any atom is 0.0453 e. The molecule has 0 aliphatic rings. The predicted octanol–water partition coefficient (Wildman–Crippen LogP) is 5.22. The van der Waals surface area contributed by atoms with Crippen molar-refractivity contribution < 1.29 is 0 Å². The first-order valence-electron chi connectivity index (χ1n) is 6.89. The Hall–Kier alpha value is -0.670. The monoisotopic (exact) mass is 339 g/mol. The largest absolute Gasteiger partial charge is 0.316 e. The molecule has 1 unspecified atom stereocenters. The molecular weight excluding hydrogens is 321 g/mol. The topological polar surface area (TPSA) is 12.0 Å². The summed E-state index contributed by atoms with van der Waals surface area (Å²) in [7, 11) is 1.99. The number of thioether (sulfide) groups is 1. The van der Waals surface area contributed by atoms with E-state index in [1.807, 2.05) is 30.9 Å². The fraction of sp³-hybridized carbons (Fsp3) is 0.294. The van der Waals surface area contributed by atoms with E-state index in [2.05, 4.69) is 36.5 Å². The van der Waals surface area contributed by atoms with Crippen molar-refractivity contribution in [1.29, 1.82) is 0 Å². The lowest BCUT2D eigenvalue weighted by molar-refractivity contribution is 0.617. The summed E-state index contributed by atoms with van der Waals surface area (Å²) >= 11 is 14.1. The van der Waals surface area contributed by atoms with E-state index in [9.17, 15) is 0 Å². The van der Waals surface area contributed by atoms with E-state index in [0.29, 0.717) is 11.1 Å². The van der Waals surface area contributed by atoms with E-state index in [1.165, 1.54) is 10.5 Å². The van der Waals surface area contributed by atoms with Gasteiger partial charge in [-0.15, -0.1) is 11.8 Å². The Labute approximate surface area is 141 Å². The lowest BCUT2D eigenvalue weighted by Gasteiger charge is -2.17. The van der Waals surface area contributed by atoms with Crippen LogP contribution >= 0.6 is 35.0 Å². The third-order valence-corrected chi connectivity index (χ3v) is 5.35. The molecule has 0 saturated carbocycles. The number of hydrogen-bond acceptors (Lipinski definition) is 2. The van der Waals surface area contributed by atoms with Gasteiger partial charge < -0.3 is 5.32 Å². The van der Waals surface area contributed by atoms with Crippen molar-refractivity contribution in [3.05, 3.63) is 63.6 Å². The van der Waals surface area contributed by atoms with Crippen LogP contribution < -0.4 is 5.32 Å². The first-order valence-corrected chi connectivity index (χ1v) is 8.64. The molecule has 0 saturated heterocycles. The summed E-state index contributed by atoms with van der Waals surface area (Å²) < 4.78 is 0. The van der Waals surface area contributed by atoms with Crippen LogP contribution in [0.5, 0.6) is 0 Å². The Morgan fingerprint density at radius 2 is 1.90 bits per heavy atom. The Bertz CT molecular complexity index is 601. The fourth-order valence-corrected chi connectivity index (χ4v) is 3.73. The minimum absolute atomic E-state index is 0.369. The van der Waals surface area contributed by atoms with Gasteiger partial charge in [-0.1, -0.05) is 47.5 Å². The quantitative estimate of drug-likeness (QED) is 0.723. The Balaban J connectivity index is 1.99. The van der Waals surface area contributed by atoms with Gasteiger partial charge in [0.1, 0.15) is 0 Å². The highest BCUT2D eigenvalue weighted by atomic mass is 35.5. The summed E-state index contributed by atoms with van der Waals surface area (Å²) in [5, 5.41) is 4.79. The summed E-state index contributed by atoms with van der Waals surface area (Å²) in [6, 6.07) is 14.5. The standard InChI is InChI=1S/C17H19Cl2NS/c1-12-5-3-4-6-17(12)21-11-15(20-2)9-13-7-8-14(18)10-16(13)19/h3-8,10,15,20H,9,11H2,1-2H3. The summed E-state index contributed by atoms with van der Waals surface area (Å²) in [6.07, 6.45) is 0.894. The van der Waals surface area contributed by atoms with Crippen molar-refractivity contribution in [2.45, 2.75) is 24.3 Å². The number of hydrogen-bond donors (Lipinski definition) is 1. The van der Waals surface area contributed by atoms with Gasteiger partial charge in [0.05, 0.1) is 0 Å². The van der Waals surface area contributed by atoms with Gasteiger partial charge in [-0.3, -0.25) is 0 Å². The van der Waals surface area contributed by atoms with Crippen molar-refractivity contribution in [3.8, 4) is 0 Å². The lowest BCUT2D eigenvalue weighted by atomic mass is 10.1. The molecule has 4 heteroatoms.